The molecule has 0 bridgehead atoms. The maximum Gasteiger partial charge on any atom is 0.333 e. The maximum absolute atomic E-state index is 11.3. The monoisotopic (exact) mass is 492 g/mol. The van der Waals surface area contributed by atoms with Crippen LogP contribution < -0.4 is 9.47 Å². The van der Waals surface area contributed by atoms with Crippen LogP contribution >= 0.6 is 0 Å². The van der Waals surface area contributed by atoms with Gasteiger partial charge in [0.25, 0.3) is 0 Å². The molecule has 0 saturated carbocycles. The third kappa shape index (κ3) is 13.0. The van der Waals surface area contributed by atoms with Gasteiger partial charge in [-0.05, 0) is 44.1 Å². The fourth-order valence-corrected chi connectivity index (χ4v) is 2.81. The molecule has 0 heterocycles. The molecular weight excluding hydrogens is 456 g/mol. The topological polar surface area (TPSA) is 113 Å². The summed E-state index contributed by atoms with van der Waals surface area (Å²) in [6.07, 6.45) is 6.30. The van der Waals surface area contributed by atoms with Crippen molar-refractivity contribution in [1.82, 2.24) is 0 Å². The lowest BCUT2D eigenvalue weighted by Gasteiger charge is -2.15. The predicted molar refractivity (Wildman–Crippen MR) is 129 cm³/mol. The fourth-order valence-electron chi connectivity index (χ4n) is 2.81. The van der Waals surface area contributed by atoms with E-state index in [-0.39, 0.29) is 45.2 Å². The Morgan fingerprint density at radius 2 is 1.54 bits per heavy atom. The quantitative estimate of drug-likeness (QED) is 0.181. The number of carbonyl (C=O) groups is 1. The minimum atomic E-state index is -0.919. The standard InChI is InChI=1S/C26H36O9/c1-20(2)26(29)35-19-22(28)17-31-12-14-33-25-10-6-9-24(15-25)32-13-11-30-16-21(27)18-34-23-7-4-3-5-8-23/h4,6-10,15,21-22,27-28H,1,3,5,11-14,16-19H2,2H3. The maximum atomic E-state index is 11.3. The molecule has 0 aromatic heterocycles. The second kappa shape index (κ2) is 16.7. The number of hydrogen-bond acceptors (Lipinski definition) is 9. The van der Waals surface area contributed by atoms with E-state index in [1.54, 1.807) is 18.2 Å². The summed E-state index contributed by atoms with van der Waals surface area (Å²) in [7, 11) is 0. The van der Waals surface area contributed by atoms with E-state index in [0.717, 1.165) is 18.6 Å². The number of esters is 1. The van der Waals surface area contributed by atoms with Crippen LogP contribution in [0, 0.1) is 0 Å². The number of allylic oxidation sites excluding steroid dienone is 3. The van der Waals surface area contributed by atoms with E-state index in [1.165, 1.54) is 6.92 Å². The lowest BCUT2D eigenvalue weighted by atomic mass is 10.2. The Kier molecular flexibility index (Phi) is 13.6. The highest BCUT2D eigenvalue weighted by atomic mass is 16.6. The highest BCUT2D eigenvalue weighted by molar-refractivity contribution is 5.86. The first-order valence-corrected chi connectivity index (χ1v) is 11.6. The van der Waals surface area contributed by atoms with Gasteiger partial charge in [-0.25, -0.2) is 4.79 Å². The molecule has 0 saturated heterocycles. The molecule has 1 aliphatic rings. The van der Waals surface area contributed by atoms with E-state index in [9.17, 15) is 15.0 Å². The summed E-state index contributed by atoms with van der Waals surface area (Å²) in [5.74, 6) is 1.48. The minimum absolute atomic E-state index is 0.0196. The zero-order valence-corrected chi connectivity index (χ0v) is 20.2. The number of rotatable bonds is 18. The van der Waals surface area contributed by atoms with Crippen molar-refractivity contribution in [2.75, 3.05) is 52.9 Å². The summed E-state index contributed by atoms with van der Waals surface area (Å²) in [6.45, 7) is 6.39. The van der Waals surface area contributed by atoms with Crippen LogP contribution in [-0.2, 0) is 23.7 Å². The van der Waals surface area contributed by atoms with Crippen LogP contribution in [-0.4, -0.2) is 81.2 Å². The first-order valence-electron chi connectivity index (χ1n) is 11.6. The number of hydrogen-bond donors (Lipinski definition) is 2. The molecule has 2 atom stereocenters. The summed E-state index contributed by atoms with van der Waals surface area (Å²) in [5, 5.41) is 19.7. The molecule has 0 radical (unpaired) electrons. The van der Waals surface area contributed by atoms with Gasteiger partial charge in [0.2, 0.25) is 0 Å². The molecule has 0 fully saturated rings. The van der Waals surface area contributed by atoms with Gasteiger partial charge >= 0.3 is 5.97 Å². The molecule has 9 heteroatoms. The van der Waals surface area contributed by atoms with Crippen molar-refractivity contribution >= 4 is 5.97 Å². The first kappa shape index (κ1) is 28.4. The first-order chi connectivity index (χ1) is 16.9. The van der Waals surface area contributed by atoms with Gasteiger partial charge in [-0.2, -0.15) is 0 Å². The molecule has 35 heavy (non-hydrogen) atoms. The van der Waals surface area contributed by atoms with Crippen molar-refractivity contribution < 1.29 is 43.4 Å². The molecular formula is C26H36O9. The zero-order chi connectivity index (χ0) is 25.3. The number of aliphatic hydroxyl groups excluding tert-OH is 2. The SMILES string of the molecule is C=C(C)C(=O)OCC(O)COCCOc1cccc(OCCOCC(O)COC2=CCCC=C2)c1. The summed E-state index contributed by atoms with van der Waals surface area (Å²) < 4.78 is 32.4. The molecule has 2 rings (SSSR count). The third-order valence-electron chi connectivity index (χ3n) is 4.58. The van der Waals surface area contributed by atoms with Crippen molar-refractivity contribution in [2.24, 2.45) is 0 Å². The van der Waals surface area contributed by atoms with Crippen LogP contribution in [0.5, 0.6) is 11.5 Å². The Morgan fingerprint density at radius 3 is 2.11 bits per heavy atom. The number of ether oxygens (including phenoxy) is 6. The lowest BCUT2D eigenvalue weighted by Crippen LogP contribution is -2.25. The van der Waals surface area contributed by atoms with Gasteiger partial charge in [-0.3, -0.25) is 0 Å². The average molecular weight is 493 g/mol. The molecule has 2 unspecified atom stereocenters. The van der Waals surface area contributed by atoms with Gasteiger partial charge in [0.05, 0.1) is 26.4 Å². The normalized spacial score (nSPS) is 14.5. The van der Waals surface area contributed by atoms with Crippen LogP contribution in [0.4, 0.5) is 0 Å². The van der Waals surface area contributed by atoms with E-state index in [1.807, 2.05) is 24.3 Å². The highest BCUT2D eigenvalue weighted by Crippen LogP contribution is 2.19. The minimum Gasteiger partial charge on any atom is -0.491 e. The second-order valence-electron chi connectivity index (χ2n) is 7.91. The average Bonchev–Trinajstić information content (AvgIpc) is 2.86. The number of carbonyl (C=O) groups excluding carboxylic acids is 1. The van der Waals surface area contributed by atoms with Crippen molar-refractivity contribution in [1.29, 1.82) is 0 Å². The molecule has 9 nitrogen and oxygen atoms in total. The molecule has 1 aliphatic carbocycles. The smallest absolute Gasteiger partial charge is 0.333 e. The largest absolute Gasteiger partial charge is 0.491 e. The van der Waals surface area contributed by atoms with Crippen molar-refractivity contribution in [3.63, 3.8) is 0 Å². The summed E-state index contributed by atoms with van der Waals surface area (Å²) in [4.78, 5) is 11.3. The van der Waals surface area contributed by atoms with E-state index in [4.69, 9.17) is 28.4 Å². The zero-order valence-electron chi connectivity index (χ0n) is 20.2. The molecule has 194 valence electrons. The van der Waals surface area contributed by atoms with E-state index < -0.39 is 18.2 Å². The van der Waals surface area contributed by atoms with Crippen LogP contribution in [0.1, 0.15) is 19.8 Å². The van der Waals surface area contributed by atoms with Gasteiger partial charge in [-0.1, -0.05) is 18.7 Å². The Bertz CT molecular complexity index is 834. The fraction of sp³-hybridized carbons (Fsp3) is 0.500. The lowest BCUT2D eigenvalue weighted by molar-refractivity contribution is -0.143. The molecule has 0 amide bonds. The van der Waals surface area contributed by atoms with Crippen molar-refractivity contribution in [2.45, 2.75) is 32.0 Å². The van der Waals surface area contributed by atoms with Gasteiger partial charge in [0, 0.05) is 11.6 Å². The molecule has 1 aromatic rings. The Balaban J connectivity index is 1.51. The summed E-state index contributed by atoms with van der Waals surface area (Å²) >= 11 is 0. The van der Waals surface area contributed by atoms with Gasteiger partial charge in [0.1, 0.15) is 55.9 Å². The van der Waals surface area contributed by atoms with E-state index in [2.05, 4.69) is 6.58 Å². The molecule has 1 aromatic carbocycles. The van der Waals surface area contributed by atoms with Crippen LogP contribution in [0.3, 0.4) is 0 Å². The van der Waals surface area contributed by atoms with Crippen molar-refractivity contribution in [3.05, 3.63) is 60.4 Å². The van der Waals surface area contributed by atoms with Crippen LogP contribution in [0.25, 0.3) is 0 Å². The Hall–Kier alpha value is -2.85. The second-order valence-corrected chi connectivity index (χ2v) is 7.91. The Morgan fingerprint density at radius 1 is 0.914 bits per heavy atom. The predicted octanol–water partition coefficient (Wildman–Crippen LogP) is 2.57. The summed E-state index contributed by atoms with van der Waals surface area (Å²) in [6, 6.07) is 7.16. The van der Waals surface area contributed by atoms with Gasteiger partial charge in [-0.15, -0.1) is 0 Å². The number of aliphatic hydroxyl groups is 2. The van der Waals surface area contributed by atoms with E-state index in [0.29, 0.717) is 24.7 Å². The molecule has 0 aliphatic heterocycles. The highest BCUT2D eigenvalue weighted by Gasteiger charge is 2.10. The van der Waals surface area contributed by atoms with Gasteiger partial charge < -0.3 is 38.6 Å². The van der Waals surface area contributed by atoms with Crippen LogP contribution in [0.15, 0.2) is 60.4 Å². The third-order valence-corrected chi connectivity index (χ3v) is 4.58. The van der Waals surface area contributed by atoms with Gasteiger partial charge in [0.15, 0.2) is 0 Å². The molecule has 0 spiro atoms. The Labute approximate surface area is 206 Å². The van der Waals surface area contributed by atoms with Crippen molar-refractivity contribution in [3.8, 4) is 11.5 Å². The van der Waals surface area contributed by atoms with Crippen LogP contribution in [0.2, 0.25) is 0 Å². The van der Waals surface area contributed by atoms with E-state index >= 15 is 0 Å². The summed E-state index contributed by atoms with van der Waals surface area (Å²) in [5.41, 5.74) is 0.274. The molecule has 2 N–H and O–H groups in total. The number of benzene rings is 1.